The summed E-state index contributed by atoms with van der Waals surface area (Å²) in [5.74, 6) is -0.271. The van der Waals surface area contributed by atoms with Crippen LogP contribution in [0.2, 0.25) is 0 Å². The maximum absolute atomic E-state index is 13.1. The molecule has 8 nitrogen and oxygen atoms in total. The number of fused-ring (bicyclic) bond motifs is 2. The molecule has 0 radical (unpaired) electrons. The van der Waals surface area contributed by atoms with Crippen molar-refractivity contribution in [2.75, 3.05) is 36.0 Å². The first-order valence-electron chi connectivity index (χ1n) is 11.5. The van der Waals surface area contributed by atoms with Gasteiger partial charge in [0.25, 0.3) is 0 Å². The number of anilines is 2. The second-order valence-corrected chi connectivity index (χ2v) is 10.6. The van der Waals surface area contributed by atoms with Gasteiger partial charge in [0.05, 0.1) is 10.9 Å². The van der Waals surface area contributed by atoms with Crippen LogP contribution in [0.4, 0.5) is 16.2 Å². The third-order valence-electron chi connectivity index (χ3n) is 6.72. The lowest BCUT2D eigenvalue weighted by atomic mass is 10.2. The molecule has 3 aliphatic heterocycles. The minimum atomic E-state index is -3.90. The number of carbonyl (C=O) groups excluding carboxylic acids is 2. The van der Waals surface area contributed by atoms with Crippen LogP contribution in [0.1, 0.15) is 30.9 Å². The van der Waals surface area contributed by atoms with Crippen molar-refractivity contribution < 1.29 is 18.0 Å². The molecule has 2 aromatic rings. The molecule has 9 heteroatoms. The molecule has 0 unspecified atom stereocenters. The van der Waals surface area contributed by atoms with Gasteiger partial charge < -0.3 is 9.80 Å². The van der Waals surface area contributed by atoms with Crippen molar-refractivity contribution in [2.24, 2.45) is 0 Å². The molecular formula is C24H28N4O4S. The fourth-order valence-electron chi connectivity index (χ4n) is 4.98. The van der Waals surface area contributed by atoms with E-state index in [2.05, 4.69) is 4.72 Å². The van der Waals surface area contributed by atoms with Crippen molar-refractivity contribution in [1.29, 1.82) is 0 Å². The quantitative estimate of drug-likeness (QED) is 0.747. The van der Waals surface area contributed by atoms with E-state index in [-0.39, 0.29) is 16.8 Å². The lowest BCUT2D eigenvalue weighted by molar-refractivity contribution is -0.119. The van der Waals surface area contributed by atoms with Crippen LogP contribution in [-0.2, 0) is 27.7 Å². The minimum Gasteiger partial charge on any atom is -0.324 e. The molecule has 0 aromatic heterocycles. The third-order valence-corrected chi connectivity index (χ3v) is 8.26. The Bertz CT molecular complexity index is 1210. The van der Waals surface area contributed by atoms with E-state index >= 15 is 0 Å². The Morgan fingerprint density at radius 3 is 2.33 bits per heavy atom. The van der Waals surface area contributed by atoms with Gasteiger partial charge in [0, 0.05) is 37.6 Å². The van der Waals surface area contributed by atoms with Crippen molar-refractivity contribution in [3.63, 3.8) is 0 Å². The Kier molecular flexibility index (Phi) is 5.62. The molecule has 1 saturated heterocycles. The molecule has 0 spiro atoms. The molecule has 174 valence electrons. The highest BCUT2D eigenvalue weighted by Gasteiger charge is 2.33. The predicted octanol–water partition coefficient (Wildman–Crippen LogP) is 2.52. The zero-order valence-electron chi connectivity index (χ0n) is 18.7. The number of nitrogens with zero attached hydrogens (tertiary/aromatic N) is 3. The van der Waals surface area contributed by atoms with Crippen molar-refractivity contribution >= 4 is 33.3 Å². The summed E-state index contributed by atoms with van der Waals surface area (Å²) in [4.78, 5) is 31.1. The van der Waals surface area contributed by atoms with Crippen molar-refractivity contribution in [1.82, 2.24) is 9.62 Å². The van der Waals surface area contributed by atoms with E-state index in [0.29, 0.717) is 19.5 Å². The first-order chi connectivity index (χ1) is 15.8. The number of hydrogen-bond donors (Lipinski definition) is 1. The molecule has 3 heterocycles. The van der Waals surface area contributed by atoms with Gasteiger partial charge >= 0.3 is 6.03 Å². The third kappa shape index (κ3) is 4.00. The lowest BCUT2D eigenvalue weighted by Crippen LogP contribution is -2.46. The topological polar surface area (TPSA) is 90.0 Å². The molecule has 1 atom stereocenters. The maximum atomic E-state index is 13.1. The van der Waals surface area contributed by atoms with E-state index in [1.165, 1.54) is 6.07 Å². The number of amides is 3. The molecule has 3 aliphatic rings. The average Bonchev–Trinajstić information content (AvgIpc) is 3.57. The number of benzene rings is 2. The fourth-order valence-corrected chi connectivity index (χ4v) is 6.22. The molecule has 1 N–H and O–H groups in total. The van der Waals surface area contributed by atoms with Gasteiger partial charge in [0.15, 0.2) is 0 Å². The summed E-state index contributed by atoms with van der Waals surface area (Å²) in [6, 6.07) is 11.6. The van der Waals surface area contributed by atoms with Crippen LogP contribution >= 0.6 is 0 Å². The van der Waals surface area contributed by atoms with E-state index in [4.69, 9.17) is 0 Å². The second-order valence-electron chi connectivity index (χ2n) is 8.88. The Morgan fingerprint density at radius 2 is 1.55 bits per heavy atom. The van der Waals surface area contributed by atoms with Gasteiger partial charge in [0.1, 0.15) is 0 Å². The number of carbonyl (C=O) groups is 2. The number of urea groups is 1. The normalized spacial score (nSPS) is 18.4. The maximum Gasteiger partial charge on any atom is 0.324 e. The highest BCUT2D eigenvalue weighted by Crippen LogP contribution is 2.32. The highest BCUT2D eigenvalue weighted by molar-refractivity contribution is 7.89. The van der Waals surface area contributed by atoms with E-state index in [9.17, 15) is 18.0 Å². The Labute approximate surface area is 194 Å². The largest absolute Gasteiger partial charge is 0.324 e. The summed E-state index contributed by atoms with van der Waals surface area (Å²) < 4.78 is 28.7. The second kappa shape index (κ2) is 8.46. The highest BCUT2D eigenvalue weighted by atomic mass is 32.2. The van der Waals surface area contributed by atoms with Gasteiger partial charge in [-0.15, -0.1) is 0 Å². The molecule has 2 aromatic carbocycles. The smallest absolute Gasteiger partial charge is 0.324 e. The fraction of sp³-hybridized carbons (Fsp3) is 0.417. The zero-order valence-corrected chi connectivity index (χ0v) is 19.5. The van der Waals surface area contributed by atoms with Crippen LogP contribution in [0, 0.1) is 0 Å². The summed E-state index contributed by atoms with van der Waals surface area (Å²) in [6.07, 6.45) is 3.42. The number of para-hydroxylation sites is 1. The summed E-state index contributed by atoms with van der Waals surface area (Å²) >= 11 is 0. The van der Waals surface area contributed by atoms with Crippen molar-refractivity contribution in [3.8, 4) is 0 Å². The van der Waals surface area contributed by atoms with Crippen LogP contribution in [-0.4, -0.2) is 57.5 Å². The summed E-state index contributed by atoms with van der Waals surface area (Å²) in [5, 5.41) is 0. The molecule has 33 heavy (non-hydrogen) atoms. The molecular weight excluding hydrogens is 440 g/mol. The van der Waals surface area contributed by atoms with E-state index in [1.54, 1.807) is 28.9 Å². The molecule has 5 rings (SSSR count). The summed E-state index contributed by atoms with van der Waals surface area (Å²) in [5.41, 5.74) is 3.53. The van der Waals surface area contributed by atoms with Crippen LogP contribution in [0.3, 0.4) is 0 Å². The number of nitrogens with one attached hydrogen (secondary N) is 1. The van der Waals surface area contributed by atoms with E-state index in [0.717, 1.165) is 54.9 Å². The van der Waals surface area contributed by atoms with Gasteiger partial charge in [-0.3, -0.25) is 9.69 Å². The number of likely N-dealkylation sites (tertiary alicyclic amines) is 1. The molecule has 3 amide bonds. The lowest BCUT2D eigenvalue weighted by Gasteiger charge is -2.24. The molecule has 0 saturated carbocycles. The van der Waals surface area contributed by atoms with Gasteiger partial charge in [-0.05, 0) is 68.0 Å². The van der Waals surface area contributed by atoms with Gasteiger partial charge in [-0.25, -0.2) is 13.2 Å². The SMILES string of the molecule is C[C@@H](NS(=O)(=O)c1ccc2c(c1)CCN2C(=O)N1CCCC1)C(=O)N1CCc2ccccc21. The van der Waals surface area contributed by atoms with Crippen molar-refractivity contribution in [2.45, 2.75) is 43.5 Å². The number of hydrogen-bond acceptors (Lipinski definition) is 4. The zero-order chi connectivity index (χ0) is 23.2. The van der Waals surface area contributed by atoms with Crippen LogP contribution in [0.5, 0.6) is 0 Å². The molecule has 1 fully saturated rings. The molecule has 0 bridgehead atoms. The van der Waals surface area contributed by atoms with Crippen LogP contribution in [0.25, 0.3) is 0 Å². The summed E-state index contributed by atoms with van der Waals surface area (Å²) in [7, 11) is -3.90. The first-order valence-corrected chi connectivity index (χ1v) is 12.9. The Morgan fingerprint density at radius 1 is 0.879 bits per heavy atom. The van der Waals surface area contributed by atoms with Crippen molar-refractivity contribution in [3.05, 3.63) is 53.6 Å². The number of rotatable bonds is 4. The Hall–Kier alpha value is -2.91. The van der Waals surface area contributed by atoms with E-state index in [1.807, 2.05) is 29.2 Å². The van der Waals surface area contributed by atoms with Gasteiger partial charge in [-0.1, -0.05) is 18.2 Å². The number of sulfonamides is 1. The average molecular weight is 469 g/mol. The summed E-state index contributed by atoms with van der Waals surface area (Å²) in [6.45, 7) is 4.21. The van der Waals surface area contributed by atoms with Crippen LogP contribution < -0.4 is 14.5 Å². The monoisotopic (exact) mass is 468 g/mol. The standard InChI is InChI=1S/C24H28N4O4S/c1-17(23(29)27-14-10-18-6-2-3-7-21(18)27)25-33(31,32)20-8-9-22-19(16-20)11-15-28(22)24(30)26-12-4-5-13-26/h2-3,6-9,16-17,25H,4-5,10-15H2,1H3/t17-/m1/s1. The van der Waals surface area contributed by atoms with Gasteiger partial charge in [-0.2, -0.15) is 4.72 Å². The van der Waals surface area contributed by atoms with Gasteiger partial charge in [0.2, 0.25) is 15.9 Å². The first kappa shape index (κ1) is 21.9. The molecule has 0 aliphatic carbocycles. The van der Waals surface area contributed by atoms with Crippen LogP contribution in [0.15, 0.2) is 47.4 Å². The predicted molar refractivity (Wildman–Crippen MR) is 126 cm³/mol. The van der Waals surface area contributed by atoms with E-state index < -0.39 is 16.1 Å². The minimum absolute atomic E-state index is 0.00917. The Balaban J connectivity index is 1.30.